The minimum Gasteiger partial charge on any atom is -0.313 e. The Morgan fingerprint density at radius 1 is 1.46 bits per heavy atom. The molecule has 0 saturated carbocycles. The van der Waals surface area contributed by atoms with E-state index in [9.17, 15) is 0 Å². The molecule has 2 saturated heterocycles. The third kappa shape index (κ3) is 1.50. The average Bonchev–Trinajstić information content (AvgIpc) is 2.46. The number of rotatable bonds is 3. The Morgan fingerprint density at radius 2 is 2.23 bits per heavy atom. The lowest BCUT2D eigenvalue weighted by Gasteiger charge is -2.49. The van der Waals surface area contributed by atoms with Crippen molar-refractivity contribution in [3.63, 3.8) is 0 Å². The second-order valence-corrected chi connectivity index (χ2v) is 4.76. The number of nitrogens with zero attached hydrogens (tertiary/aromatic N) is 1. The molecule has 13 heavy (non-hydrogen) atoms. The van der Waals surface area contributed by atoms with Gasteiger partial charge in [0.1, 0.15) is 0 Å². The van der Waals surface area contributed by atoms with Crippen molar-refractivity contribution in [2.24, 2.45) is 0 Å². The molecule has 0 radical (unpaired) electrons. The van der Waals surface area contributed by atoms with Crippen LogP contribution >= 0.6 is 0 Å². The molecule has 2 nitrogen and oxygen atoms in total. The molecule has 1 N–H and O–H groups in total. The molecule has 2 heterocycles. The van der Waals surface area contributed by atoms with E-state index in [1.54, 1.807) is 0 Å². The van der Waals surface area contributed by atoms with Gasteiger partial charge in [-0.05, 0) is 32.7 Å². The first kappa shape index (κ1) is 9.47. The predicted octanol–water partition coefficient (Wildman–Crippen LogP) is 1.61. The van der Waals surface area contributed by atoms with Gasteiger partial charge in [0, 0.05) is 24.7 Å². The Labute approximate surface area is 81.7 Å². The third-order valence-corrected chi connectivity index (χ3v) is 3.80. The summed E-state index contributed by atoms with van der Waals surface area (Å²) in [7, 11) is 0. The van der Waals surface area contributed by atoms with Crippen LogP contribution in [0.1, 0.15) is 39.5 Å². The van der Waals surface area contributed by atoms with Crippen LogP contribution in [-0.4, -0.2) is 36.1 Å². The first-order valence-electron chi connectivity index (χ1n) is 5.76. The Hall–Kier alpha value is -0.0800. The highest BCUT2D eigenvalue weighted by Crippen LogP contribution is 2.35. The van der Waals surface area contributed by atoms with E-state index in [4.69, 9.17) is 0 Å². The maximum Gasteiger partial charge on any atom is 0.0461 e. The minimum absolute atomic E-state index is 0.578. The second-order valence-electron chi connectivity index (χ2n) is 4.76. The fourth-order valence-electron chi connectivity index (χ4n) is 3.01. The van der Waals surface area contributed by atoms with E-state index >= 15 is 0 Å². The van der Waals surface area contributed by atoms with Crippen molar-refractivity contribution in [3.05, 3.63) is 0 Å². The van der Waals surface area contributed by atoms with Gasteiger partial charge in [-0.15, -0.1) is 0 Å². The molecule has 1 atom stereocenters. The van der Waals surface area contributed by atoms with Crippen LogP contribution < -0.4 is 5.32 Å². The van der Waals surface area contributed by atoms with Crippen LogP contribution in [-0.2, 0) is 0 Å². The van der Waals surface area contributed by atoms with Crippen LogP contribution in [0.25, 0.3) is 0 Å². The van der Waals surface area contributed by atoms with E-state index in [0.717, 1.165) is 6.04 Å². The topological polar surface area (TPSA) is 15.3 Å². The molecule has 2 aliphatic heterocycles. The van der Waals surface area contributed by atoms with E-state index in [1.807, 2.05) is 0 Å². The number of hydrogen-bond acceptors (Lipinski definition) is 2. The molecular weight excluding hydrogens is 160 g/mol. The van der Waals surface area contributed by atoms with Crippen LogP contribution in [0.4, 0.5) is 0 Å². The quantitative estimate of drug-likeness (QED) is 0.713. The number of nitrogens with one attached hydrogen (secondary N) is 1. The Kier molecular flexibility index (Phi) is 2.61. The molecule has 0 aromatic rings. The summed E-state index contributed by atoms with van der Waals surface area (Å²) in [5, 5.41) is 3.43. The molecule has 1 unspecified atom stereocenters. The molecule has 0 aliphatic carbocycles. The molecule has 0 amide bonds. The monoisotopic (exact) mass is 182 g/mol. The summed E-state index contributed by atoms with van der Waals surface area (Å²) in [5.41, 5.74) is 0.578. The smallest absolute Gasteiger partial charge is 0.0461 e. The van der Waals surface area contributed by atoms with E-state index in [0.29, 0.717) is 5.54 Å². The predicted molar refractivity (Wildman–Crippen MR) is 55.9 cm³/mol. The van der Waals surface area contributed by atoms with Gasteiger partial charge >= 0.3 is 0 Å². The molecule has 2 rings (SSSR count). The summed E-state index contributed by atoms with van der Waals surface area (Å²) in [5.74, 6) is 0. The van der Waals surface area contributed by atoms with Crippen LogP contribution in [0.5, 0.6) is 0 Å². The van der Waals surface area contributed by atoms with Crippen molar-refractivity contribution >= 4 is 0 Å². The summed E-state index contributed by atoms with van der Waals surface area (Å²) >= 11 is 0. The maximum atomic E-state index is 3.43. The van der Waals surface area contributed by atoms with Crippen LogP contribution in [0.3, 0.4) is 0 Å². The van der Waals surface area contributed by atoms with Crippen molar-refractivity contribution in [2.45, 2.75) is 51.1 Å². The van der Waals surface area contributed by atoms with Crippen LogP contribution in [0.15, 0.2) is 0 Å². The van der Waals surface area contributed by atoms with E-state index < -0.39 is 0 Å². The van der Waals surface area contributed by atoms with Gasteiger partial charge in [-0.25, -0.2) is 0 Å². The molecule has 76 valence electrons. The summed E-state index contributed by atoms with van der Waals surface area (Å²) in [6.45, 7) is 8.50. The Balaban J connectivity index is 1.97. The maximum absolute atomic E-state index is 3.43. The first-order valence-corrected chi connectivity index (χ1v) is 5.76. The molecular formula is C11H22N2. The van der Waals surface area contributed by atoms with Gasteiger partial charge in [0.15, 0.2) is 0 Å². The van der Waals surface area contributed by atoms with Crippen molar-refractivity contribution < 1.29 is 0 Å². The second kappa shape index (κ2) is 3.58. The van der Waals surface area contributed by atoms with E-state index in [-0.39, 0.29) is 0 Å². The summed E-state index contributed by atoms with van der Waals surface area (Å²) in [6.07, 6.45) is 5.52. The van der Waals surface area contributed by atoms with Crippen molar-refractivity contribution in [2.75, 3.05) is 19.6 Å². The van der Waals surface area contributed by atoms with Gasteiger partial charge in [0.2, 0.25) is 0 Å². The third-order valence-electron chi connectivity index (χ3n) is 3.80. The largest absolute Gasteiger partial charge is 0.313 e. The average molecular weight is 182 g/mol. The number of likely N-dealkylation sites (tertiary alicyclic amines) is 1. The molecule has 0 bridgehead atoms. The van der Waals surface area contributed by atoms with Gasteiger partial charge < -0.3 is 5.32 Å². The van der Waals surface area contributed by atoms with Gasteiger partial charge in [-0.3, -0.25) is 4.90 Å². The lowest BCUT2D eigenvalue weighted by atomic mass is 9.88. The zero-order valence-electron chi connectivity index (χ0n) is 8.97. The molecule has 2 fully saturated rings. The highest BCUT2D eigenvalue weighted by Gasteiger charge is 2.46. The summed E-state index contributed by atoms with van der Waals surface area (Å²) < 4.78 is 0. The van der Waals surface area contributed by atoms with Gasteiger partial charge in [0.25, 0.3) is 0 Å². The van der Waals surface area contributed by atoms with Gasteiger partial charge in [-0.1, -0.05) is 13.3 Å². The summed E-state index contributed by atoms with van der Waals surface area (Å²) in [6, 6.07) is 0.801. The molecule has 0 aromatic carbocycles. The van der Waals surface area contributed by atoms with Crippen LogP contribution in [0.2, 0.25) is 0 Å². The lowest BCUT2D eigenvalue weighted by Crippen LogP contribution is -2.67. The fourth-order valence-corrected chi connectivity index (χ4v) is 3.01. The SMILES string of the molecule is CCCC(C)N1CCCC12CNC2. The Morgan fingerprint density at radius 3 is 2.77 bits per heavy atom. The lowest BCUT2D eigenvalue weighted by molar-refractivity contribution is 0.0430. The molecule has 2 heteroatoms. The zero-order chi connectivity index (χ0) is 9.31. The van der Waals surface area contributed by atoms with Gasteiger partial charge in [0.05, 0.1) is 0 Å². The number of hydrogen-bond donors (Lipinski definition) is 1. The van der Waals surface area contributed by atoms with E-state index in [1.165, 1.54) is 45.3 Å². The normalized spacial score (nSPS) is 29.1. The summed E-state index contributed by atoms with van der Waals surface area (Å²) in [4.78, 5) is 2.76. The molecule has 1 spiro atoms. The zero-order valence-corrected chi connectivity index (χ0v) is 8.97. The molecule has 0 aromatic heterocycles. The van der Waals surface area contributed by atoms with Gasteiger partial charge in [-0.2, -0.15) is 0 Å². The van der Waals surface area contributed by atoms with Crippen molar-refractivity contribution in [1.82, 2.24) is 10.2 Å². The highest BCUT2D eigenvalue weighted by atomic mass is 15.3. The molecule has 2 aliphatic rings. The Bertz CT molecular complexity index is 175. The van der Waals surface area contributed by atoms with Crippen LogP contribution in [0, 0.1) is 0 Å². The fraction of sp³-hybridized carbons (Fsp3) is 1.00. The van der Waals surface area contributed by atoms with Crippen molar-refractivity contribution in [3.8, 4) is 0 Å². The standard InChI is InChI=1S/C11H22N2/c1-3-5-10(2)13-7-4-6-11(13)8-12-9-11/h10,12H,3-9H2,1-2H3. The minimum atomic E-state index is 0.578. The van der Waals surface area contributed by atoms with E-state index in [2.05, 4.69) is 24.1 Å². The van der Waals surface area contributed by atoms with Crippen molar-refractivity contribution in [1.29, 1.82) is 0 Å². The first-order chi connectivity index (χ1) is 6.28. The highest BCUT2D eigenvalue weighted by molar-refractivity contribution is 5.06.